The normalized spacial score (nSPS) is 10.2. The second-order valence-corrected chi connectivity index (χ2v) is 4.06. The number of para-hydroxylation sites is 1. The third-order valence-electron chi connectivity index (χ3n) is 2.72. The van der Waals surface area contributed by atoms with Crippen molar-refractivity contribution in [3.63, 3.8) is 0 Å². The van der Waals surface area contributed by atoms with Gasteiger partial charge in [0.25, 0.3) is 0 Å². The van der Waals surface area contributed by atoms with Gasteiger partial charge in [-0.05, 0) is 18.6 Å². The number of hydrogen-bond acceptors (Lipinski definition) is 4. The summed E-state index contributed by atoms with van der Waals surface area (Å²) >= 11 is 0. The summed E-state index contributed by atoms with van der Waals surface area (Å²) in [5.74, 6) is 0. The fraction of sp³-hybridized carbons (Fsp3) is 0.0769. The fourth-order valence-corrected chi connectivity index (χ4v) is 1.92. The molecule has 0 aliphatic heterocycles. The molecule has 0 amide bonds. The van der Waals surface area contributed by atoms with E-state index in [2.05, 4.69) is 0 Å². The summed E-state index contributed by atoms with van der Waals surface area (Å²) in [6.07, 6.45) is 0. The molecule has 0 aliphatic rings. The number of benzene rings is 2. The highest BCUT2D eigenvalue weighted by Crippen LogP contribution is 2.37. The van der Waals surface area contributed by atoms with Gasteiger partial charge in [-0.3, -0.25) is 20.2 Å². The van der Waals surface area contributed by atoms with Gasteiger partial charge in [-0.15, -0.1) is 0 Å². The van der Waals surface area contributed by atoms with E-state index in [0.717, 1.165) is 11.6 Å². The Balaban J connectivity index is 2.73. The van der Waals surface area contributed by atoms with Crippen molar-refractivity contribution in [1.29, 1.82) is 0 Å². The number of rotatable bonds is 3. The summed E-state index contributed by atoms with van der Waals surface area (Å²) in [6, 6.07) is 11.2. The van der Waals surface area contributed by atoms with Crippen LogP contribution >= 0.6 is 0 Å². The Morgan fingerprint density at radius 2 is 1.63 bits per heavy atom. The first kappa shape index (κ1) is 12.7. The molecule has 6 nitrogen and oxygen atoms in total. The molecule has 0 spiro atoms. The highest BCUT2D eigenvalue weighted by molar-refractivity contribution is 5.79. The Hall–Kier alpha value is -2.76. The van der Waals surface area contributed by atoms with Crippen molar-refractivity contribution in [2.24, 2.45) is 0 Å². The first-order valence-electron chi connectivity index (χ1n) is 5.49. The SMILES string of the molecule is Cc1cccc(-c2cccc([N+](=O)[O-])c2[N+](=O)[O-])c1. The maximum absolute atomic E-state index is 11.1. The molecule has 0 atom stereocenters. The van der Waals surface area contributed by atoms with Gasteiger partial charge >= 0.3 is 11.4 Å². The quantitative estimate of drug-likeness (QED) is 0.622. The lowest BCUT2D eigenvalue weighted by Gasteiger charge is -2.04. The molecule has 0 aromatic heterocycles. The minimum absolute atomic E-state index is 0.253. The fourth-order valence-electron chi connectivity index (χ4n) is 1.92. The van der Waals surface area contributed by atoms with E-state index in [4.69, 9.17) is 0 Å². The van der Waals surface area contributed by atoms with Crippen LogP contribution in [-0.4, -0.2) is 9.85 Å². The average Bonchev–Trinajstić information content (AvgIpc) is 2.37. The van der Waals surface area contributed by atoms with E-state index >= 15 is 0 Å². The number of nitro benzene ring substituents is 2. The molecule has 2 rings (SSSR count). The van der Waals surface area contributed by atoms with Crippen molar-refractivity contribution in [2.75, 3.05) is 0 Å². The summed E-state index contributed by atoms with van der Waals surface area (Å²) in [4.78, 5) is 20.5. The van der Waals surface area contributed by atoms with Crippen LogP contribution in [0.25, 0.3) is 11.1 Å². The largest absolute Gasteiger partial charge is 0.353 e. The van der Waals surface area contributed by atoms with Crippen LogP contribution in [0.2, 0.25) is 0 Å². The van der Waals surface area contributed by atoms with Crippen molar-refractivity contribution in [2.45, 2.75) is 6.92 Å². The lowest BCUT2D eigenvalue weighted by Crippen LogP contribution is -1.98. The highest BCUT2D eigenvalue weighted by Gasteiger charge is 2.28. The second-order valence-electron chi connectivity index (χ2n) is 4.06. The van der Waals surface area contributed by atoms with Gasteiger partial charge in [0.1, 0.15) is 0 Å². The molecule has 2 aromatic rings. The van der Waals surface area contributed by atoms with Gasteiger partial charge in [-0.25, -0.2) is 0 Å². The van der Waals surface area contributed by atoms with Gasteiger partial charge in [0, 0.05) is 6.07 Å². The molecule has 2 aromatic carbocycles. The predicted molar refractivity (Wildman–Crippen MR) is 69.9 cm³/mol. The molecule has 0 heterocycles. The van der Waals surface area contributed by atoms with E-state index in [-0.39, 0.29) is 5.56 Å². The van der Waals surface area contributed by atoms with Crippen LogP contribution < -0.4 is 0 Å². The third-order valence-corrected chi connectivity index (χ3v) is 2.72. The predicted octanol–water partition coefficient (Wildman–Crippen LogP) is 3.48. The Morgan fingerprint density at radius 3 is 2.21 bits per heavy atom. The van der Waals surface area contributed by atoms with Crippen molar-refractivity contribution >= 4 is 11.4 Å². The smallest absolute Gasteiger partial charge is 0.258 e. The zero-order valence-corrected chi connectivity index (χ0v) is 10.1. The lowest BCUT2D eigenvalue weighted by molar-refractivity contribution is -0.422. The summed E-state index contributed by atoms with van der Waals surface area (Å²) in [5, 5.41) is 22.0. The zero-order valence-electron chi connectivity index (χ0n) is 10.1. The van der Waals surface area contributed by atoms with Gasteiger partial charge in [0.15, 0.2) is 0 Å². The van der Waals surface area contributed by atoms with Crippen LogP contribution in [0.4, 0.5) is 11.4 Å². The minimum atomic E-state index is -0.739. The minimum Gasteiger partial charge on any atom is -0.258 e. The zero-order chi connectivity index (χ0) is 14.0. The summed E-state index contributed by atoms with van der Waals surface area (Å²) in [7, 11) is 0. The van der Waals surface area contributed by atoms with Crippen LogP contribution in [0.5, 0.6) is 0 Å². The van der Waals surface area contributed by atoms with Crippen LogP contribution in [-0.2, 0) is 0 Å². The van der Waals surface area contributed by atoms with Crippen LogP contribution in [0, 0.1) is 27.2 Å². The monoisotopic (exact) mass is 258 g/mol. The maximum Gasteiger partial charge on any atom is 0.353 e. The Bertz CT molecular complexity index is 667. The van der Waals surface area contributed by atoms with Gasteiger partial charge in [-0.2, -0.15) is 0 Å². The average molecular weight is 258 g/mol. The van der Waals surface area contributed by atoms with Crippen molar-refractivity contribution in [3.8, 4) is 11.1 Å². The molecular formula is C13H10N2O4. The van der Waals surface area contributed by atoms with Crippen molar-refractivity contribution < 1.29 is 9.85 Å². The molecule has 96 valence electrons. The van der Waals surface area contributed by atoms with Gasteiger partial charge in [0.2, 0.25) is 0 Å². The van der Waals surface area contributed by atoms with E-state index in [1.165, 1.54) is 12.1 Å². The first-order chi connectivity index (χ1) is 9.00. The molecule has 6 heteroatoms. The number of aryl methyl sites for hydroxylation is 1. The molecule has 0 radical (unpaired) electrons. The lowest BCUT2D eigenvalue weighted by atomic mass is 10.0. The molecule has 0 unspecified atom stereocenters. The summed E-state index contributed by atoms with van der Waals surface area (Å²) < 4.78 is 0. The Kier molecular flexibility index (Phi) is 3.24. The van der Waals surface area contributed by atoms with E-state index in [1.807, 2.05) is 13.0 Å². The van der Waals surface area contributed by atoms with Gasteiger partial charge in [0.05, 0.1) is 15.4 Å². The third kappa shape index (κ3) is 2.42. The van der Waals surface area contributed by atoms with E-state index < -0.39 is 21.2 Å². The molecule has 0 N–H and O–H groups in total. The van der Waals surface area contributed by atoms with Crippen molar-refractivity contribution in [1.82, 2.24) is 0 Å². The van der Waals surface area contributed by atoms with E-state index in [9.17, 15) is 20.2 Å². The number of nitro groups is 2. The topological polar surface area (TPSA) is 86.3 Å². The Morgan fingerprint density at radius 1 is 0.947 bits per heavy atom. The molecule has 0 bridgehead atoms. The standard InChI is InChI=1S/C13H10N2O4/c1-9-4-2-5-10(8-9)11-6-3-7-12(14(16)17)13(11)15(18)19/h2-8H,1H3. The Labute approximate surface area is 108 Å². The molecule has 0 fully saturated rings. The van der Waals surface area contributed by atoms with E-state index in [0.29, 0.717) is 5.56 Å². The first-order valence-corrected chi connectivity index (χ1v) is 5.49. The van der Waals surface area contributed by atoms with Crippen LogP contribution in [0.1, 0.15) is 5.56 Å². The molecule has 0 saturated carbocycles. The number of hydrogen-bond donors (Lipinski definition) is 0. The van der Waals surface area contributed by atoms with Crippen LogP contribution in [0.15, 0.2) is 42.5 Å². The molecule has 0 saturated heterocycles. The maximum atomic E-state index is 11.1. The highest BCUT2D eigenvalue weighted by atomic mass is 16.6. The van der Waals surface area contributed by atoms with Crippen LogP contribution in [0.3, 0.4) is 0 Å². The summed E-state index contributed by atoms with van der Waals surface area (Å²) in [6.45, 7) is 1.85. The molecule has 0 aliphatic carbocycles. The van der Waals surface area contributed by atoms with Gasteiger partial charge in [-0.1, -0.05) is 35.9 Å². The molecule has 19 heavy (non-hydrogen) atoms. The van der Waals surface area contributed by atoms with E-state index in [1.54, 1.807) is 18.2 Å². The molecular weight excluding hydrogens is 248 g/mol. The second kappa shape index (κ2) is 4.85. The van der Waals surface area contributed by atoms with Gasteiger partial charge < -0.3 is 0 Å². The summed E-state index contributed by atoms with van der Waals surface area (Å²) in [5.41, 5.74) is 0.804. The van der Waals surface area contributed by atoms with Crippen molar-refractivity contribution in [3.05, 3.63) is 68.3 Å². The number of nitrogens with zero attached hydrogens (tertiary/aromatic N) is 2.